The zero-order chi connectivity index (χ0) is 15.0. The highest BCUT2D eigenvalue weighted by molar-refractivity contribution is 5.78. The van der Waals surface area contributed by atoms with Gasteiger partial charge in [0.25, 0.3) is 0 Å². The van der Waals surface area contributed by atoms with Gasteiger partial charge < -0.3 is 4.42 Å². The Hall–Kier alpha value is -2.24. The lowest BCUT2D eigenvalue weighted by Crippen LogP contribution is -2.28. The van der Waals surface area contributed by atoms with E-state index in [1.54, 1.807) is 31.2 Å². The molecule has 0 fully saturated rings. The molecule has 1 aromatic heterocycles. The maximum atomic E-state index is 13.7. The van der Waals surface area contributed by atoms with Gasteiger partial charge in [0.05, 0.1) is 0 Å². The molecule has 3 aromatic rings. The molecule has 3 rings (SSSR count). The highest BCUT2D eigenvalue weighted by atomic mass is 19.1. The highest BCUT2D eigenvalue weighted by Crippen LogP contribution is 2.29. The molecule has 0 saturated heterocycles. The van der Waals surface area contributed by atoms with Gasteiger partial charge in [-0.3, -0.25) is 5.84 Å². The summed E-state index contributed by atoms with van der Waals surface area (Å²) < 4.78 is 32.8. The lowest BCUT2D eigenvalue weighted by Gasteiger charge is -2.14. The predicted octanol–water partition coefficient (Wildman–Crippen LogP) is 3.57. The Labute approximate surface area is 120 Å². The zero-order valence-corrected chi connectivity index (χ0v) is 11.4. The number of hydrogen-bond acceptors (Lipinski definition) is 3. The minimum Gasteiger partial charge on any atom is -0.456 e. The summed E-state index contributed by atoms with van der Waals surface area (Å²) in [4.78, 5) is 0. The van der Waals surface area contributed by atoms with Crippen LogP contribution < -0.4 is 11.3 Å². The van der Waals surface area contributed by atoms with Crippen molar-refractivity contribution in [2.45, 2.75) is 13.0 Å². The monoisotopic (exact) mass is 288 g/mol. The summed E-state index contributed by atoms with van der Waals surface area (Å²) in [6.45, 7) is 1.79. The van der Waals surface area contributed by atoms with E-state index >= 15 is 0 Å². The van der Waals surface area contributed by atoms with Gasteiger partial charge in [-0.25, -0.2) is 14.2 Å². The molecule has 0 aliphatic rings. The number of furan rings is 1. The second-order valence-electron chi connectivity index (χ2n) is 4.97. The number of aryl methyl sites for hydroxylation is 1. The topological polar surface area (TPSA) is 51.2 Å². The maximum Gasteiger partial charge on any atom is 0.169 e. The molecule has 0 bridgehead atoms. The number of nitrogens with one attached hydrogen (secondary N) is 1. The predicted molar refractivity (Wildman–Crippen MR) is 76.5 cm³/mol. The average molecular weight is 288 g/mol. The fraction of sp³-hybridized carbons (Fsp3) is 0.125. The Morgan fingerprint density at radius 1 is 1.14 bits per heavy atom. The van der Waals surface area contributed by atoms with E-state index in [4.69, 9.17) is 10.3 Å². The summed E-state index contributed by atoms with van der Waals surface area (Å²) in [7, 11) is 0. The molecule has 1 heterocycles. The molecule has 3 N–H and O–H groups in total. The molecule has 5 heteroatoms. The van der Waals surface area contributed by atoms with Crippen molar-refractivity contribution < 1.29 is 13.2 Å². The van der Waals surface area contributed by atoms with Crippen LogP contribution in [0, 0.1) is 18.6 Å². The number of fused-ring (bicyclic) bond motifs is 1. The SMILES string of the molecule is Cc1cc(F)cc(C(NN)c2cc3cccc(F)c3o2)c1. The fourth-order valence-electron chi connectivity index (χ4n) is 2.46. The van der Waals surface area contributed by atoms with E-state index in [0.29, 0.717) is 16.7 Å². The third-order valence-electron chi connectivity index (χ3n) is 3.36. The number of hydrazine groups is 1. The molecule has 0 aliphatic heterocycles. The summed E-state index contributed by atoms with van der Waals surface area (Å²) in [6, 6.07) is 10.4. The van der Waals surface area contributed by atoms with Crippen LogP contribution in [-0.2, 0) is 0 Å². The summed E-state index contributed by atoms with van der Waals surface area (Å²) in [5.74, 6) is 5.21. The standard InChI is InChI=1S/C16H14F2N2O/c1-9-5-11(7-12(17)6-9)15(20-19)14-8-10-3-2-4-13(18)16(10)21-14/h2-8,15,20H,19H2,1H3. The molecule has 2 aromatic carbocycles. The van der Waals surface area contributed by atoms with E-state index in [0.717, 1.165) is 5.56 Å². The van der Waals surface area contributed by atoms with Crippen LogP contribution in [0.25, 0.3) is 11.0 Å². The third kappa shape index (κ3) is 2.53. The third-order valence-corrected chi connectivity index (χ3v) is 3.36. The van der Waals surface area contributed by atoms with Gasteiger partial charge in [-0.15, -0.1) is 0 Å². The minimum absolute atomic E-state index is 0.167. The van der Waals surface area contributed by atoms with Crippen LogP contribution in [0.15, 0.2) is 46.9 Å². The number of rotatable bonds is 3. The molecule has 21 heavy (non-hydrogen) atoms. The van der Waals surface area contributed by atoms with Crippen LogP contribution in [0.2, 0.25) is 0 Å². The molecule has 0 spiro atoms. The van der Waals surface area contributed by atoms with Gasteiger partial charge in [0.1, 0.15) is 17.6 Å². The van der Waals surface area contributed by atoms with E-state index in [1.807, 2.05) is 0 Å². The zero-order valence-electron chi connectivity index (χ0n) is 11.4. The summed E-state index contributed by atoms with van der Waals surface area (Å²) >= 11 is 0. The molecule has 108 valence electrons. The minimum atomic E-state index is -0.550. The van der Waals surface area contributed by atoms with E-state index in [2.05, 4.69) is 5.43 Å². The van der Waals surface area contributed by atoms with Crippen LogP contribution in [0.3, 0.4) is 0 Å². The van der Waals surface area contributed by atoms with Crippen molar-refractivity contribution in [3.63, 3.8) is 0 Å². The Morgan fingerprint density at radius 2 is 1.95 bits per heavy atom. The van der Waals surface area contributed by atoms with Crippen molar-refractivity contribution in [1.82, 2.24) is 5.43 Å². The normalized spacial score (nSPS) is 12.8. The van der Waals surface area contributed by atoms with Crippen molar-refractivity contribution in [3.8, 4) is 0 Å². The number of nitrogens with two attached hydrogens (primary N) is 1. The van der Waals surface area contributed by atoms with Crippen LogP contribution >= 0.6 is 0 Å². The van der Waals surface area contributed by atoms with Gasteiger partial charge in [0.15, 0.2) is 11.4 Å². The first-order chi connectivity index (χ1) is 10.1. The smallest absolute Gasteiger partial charge is 0.169 e. The first-order valence-corrected chi connectivity index (χ1v) is 6.49. The number of para-hydroxylation sites is 1. The first kappa shape index (κ1) is 13.7. The molecule has 0 radical (unpaired) electrons. The van der Waals surface area contributed by atoms with Gasteiger partial charge in [-0.05, 0) is 42.3 Å². The lowest BCUT2D eigenvalue weighted by molar-refractivity contribution is 0.463. The summed E-state index contributed by atoms with van der Waals surface area (Å²) in [5, 5.41) is 0.637. The van der Waals surface area contributed by atoms with Crippen molar-refractivity contribution in [2.75, 3.05) is 0 Å². The second-order valence-corrected chi connectivity index (χ2v) is 4.97. The van der Waals surface area contributed by atoms with Gasteiger partial charge in [-0.1, -0.05) is 18.2 Å². The van der Waals surface area contributed by atoms with Gasteiger partial charge in [0, 0.05) is 5.39 Å². The van der Waals surface area contributed by atoms with Crippen LogP contribution in [0.5, 0.6) is 0 Å². The second kappa shape index (κ2) is 5.27. The highest BCUT2D eigenvalue weighted by Gasteiger charge is 2.19. The quantitative estimate of drug-likeness (QED) is 0.572. The van der Waals surface area contributed by atoms with E-state index < -0.39 is 11.9 Å². The van der Waals surface area contributed by atoms with Crippen molar-refractivity contribution in [1.29, 1.82) is 0 Å². The van der Waals surface area contributed by atoms with Crippen molar-refractivity contribution in [2.24, 2.45) is 5.84 Å². The Balaban J connectivity index is 2.11. The largest absolute Gasteiger partial charge is 0.456 e. The van der Waals surface area contributed by atoms with Crippen molar-refractivity contribution in [3.05, 3.63) is 71.0 Å². The molecule has 0 aliphatic carbocycles. The molecule has 1 atom stereocenters. The summed E-state index contributed by atoms with van der Waals surface area (Å²) in [6.07, 6.45) is 0. The van der Waals surface area contributed by atoms with E-state index in [9.17, 15) is 8.78 Å². The maximum absolute atomic E-state index is 13.7. The average Bonchev–Trinajstić information content (AvgIpc) is 2.83. The Kier molecular flexibility index (Phi) is 3.45. The molecule has 0 amide bonds. The van der Waals surface area contributed by atoms with E-state index in [-0.39, 0.29) is 11.4 Å². The van der Waals surface area contributed by atoms with Crippen molar-refractivity contribution >= 4 is 11.0 Å². The molecule has 3 nitrogen and oxygen atoms in total. The number of benzene rings is 2. The van der Waals surface area contributed by atoms with Crippen LogP contribution in [0.1, 0.15) is 22.9 Å². The van der Waals surface area contributed by atoms with Crippen LogP contribution in [0.4, 0.5) is 8.78 Å². The molecular weight excluding hydrogens is 274 g/mol. The Bertz CT molecular complexity index is 778. The Morgan fingerprint density at radius 3 is 2.62 bits per heavy atom. The molecular formula is C16H14F2N2O. The van der Waals surface area contributed by atoms with Gasteiger partial charge >= 0.3 is 0 Å². The van der Waals surface area contributed by atoms with E-state index in [1.165, 1.54) is 18.2 Å². The number of halogens is 2. The van der Waals surface area contributed by atoms with Crippen LogP contribution in [-0.4, -0.2) is 0 Å². The first-order valence-electron chi connectivity index (χ1n) is 6.49. The molecule has 1 unspecified atom stereocenters. The lowest BCUT2D eigenvalue weighted by atomic mass is 10.0. The van der Waals surface area contributed by atoms with Gasteiger partial charge in [-0.2, -0.15) is 0 Å². The van der Waals surface area contributed by atoms with Gasteiger partial charge in [0.2, 0.25) is 0 Å². The fourth-order valence-corrected chi connectivity index (χ4v) is 2.46. The summed E-state index contributed by atoms with van der Waals surface area (Å²) in [5.41, 5.74) is 4.14. The number of hydrogen-bond donors (Lipinski definition) is 2. The molecule has 0 saturated carbocycles.